The molecule has 1 aromatic carbocycles. The summed E-state index contributed by atoms with van der Waals surface area (Å²) >= 11 is 0. The maximum absolute atomic E-state index is 5.75. The van der Waals surface area contributed by atoms with Gasteiger partial charge in [0, 0.05) is 12.5 Å². The van der Waals surface area contributed by atoms with Crippen LogP contribution < -0.4 is 14.8 Å². The number of benzene rings is 1. The number of ether oxygens (including phenoxy) is 2. The number of hydrogen-bond acceptors (Lipinski definition) is 3. The van der Waals surface area contributed by atoms with E-state index in [1.807, 2.05) is 19.1 Å². The van der Waals surface area contributed by atoms with Crippen molar-refractivity contribution in [3.8, 4) is 11.5 Å². The van der Waals surface area contributed by atoms with Gasteiger partial charge in [-0.2, -0.15) is 0 Å². The molecule has 0 heterocycles. The van der Waals surface area contributed by atoms with E-state index in [4.69, 9.17) is 9.47 Å². The summed E-state index contributed by atoms with van der Waals surface area (Å²) in [5.74, 6) is 1.58. The van der Waals surface area contributed by atoms with Crippen molar-refractivity contribution in [3.05, 3.63) is 35.9 Å². The number of rotatable bonds is 9. The minimum absolute atomic E-state index is 0.313. The van der Waals surface area contributed by atoms with Crippen LogP contribution in [0.1, 0.15) is 45.2 Å². The van der Waals surface area contributed by atoms with Gasteiger partial charge in [0.2, 0.25) is 0 Å². The molecular weight excluding hydrogens is 250 g/mol. The van der Waals surface area contributed by atoms with Gasteiger partial charge >= 0.3 is 0 Å². The molecular formula is C17H27NO2. The van der Waals surface area contributed by atoms with Gasteiger partial charge in [0.25, 0.3) is 0 Å². The lowest BCUT2D eigenvalue weighted by atomic mass is 10.1. The van der Waals surface area contributed by atoms with Crippen LogP contribution in [0.3, 0.4) is 0 Å². The maximum atomic E-state index is 5.75. The Morgan fingerprint density at radius 2 is 2.10 bits per heavy atom. The molecule has 0 saturated carbocycles. The molecule has 1 rings (SSSR count). The molecule has 1 atom stereocenters. The lowest BCUT2D eigenvalue weighted by molar-refractivity contribution is 0.297. The van der Waals surface area contributed by atoms with Crippen molar-refractivity contribution in [3.63, 3.8) is 0 Å². The van der Waals surface area contributed by atoms with Gasteiger partial charge in [-0.25, -0.2) is 0 Å². The molecule has 0 aliphatic heterocycles. The van der Waals surface area contributed by atoms with Gasteiger partial charge in [-0.1, -0.05) is 18.6 Å². The molecule has 112 valence electrons. The summed E-state index contributed by atoms with van der Waals surface area (Å²) in [6.07, 6.45) is 1.99. The topological polar surface area (TPSA) is 30.5 Å². The highest BCUT2D eigenvalue weighted by atomic mass is 16.5. The second kappa shape index (κ2) is 8.64. The average molecular weight is 277 g/mol. The first kappa shape index (κ1) is 16.6. The second-order valence-electron chi connectivity index (χ2n) is 5.14. The minimum atomic E-state index is 0.313. The highest BCUT2D eigenvalue weighted by Crippen LogP contribution is 2.30. The smallest absolute Gasteiger partial charge is 0.161 e. The van der Waals surface area contributed by atoms with Crippen LogP contribution in [0, 0.1) is 0 Å². The van der Waals surface area contributed by atoms with Crippen molar-refractivity contribution in [2.24, 2.45) is 0 Å². The van der Waals surface area contributed by atoms with Gasteiger partial charge < -0.3 is 14.8 Å². The van der Waals surface area contributed by atoms with Crippen LogP contribution >= 0.6 is 0 Å². The van der Waals surface area contributed by atoms with Crippen molar-refractivity contribution in [1.29, 1.82) is 0 Å². The summed E-state index contributed by atoms with van der Waals surface area (Å²) in [4.78, 5) is 0. The van der Waals surface area contributed by atoms with Crippen LogP contribution in [0.4, 0.5) is 0 Å². The Balaban J connectivity index is 2.71. The van der Waals surface area contributed by atoms with Crippen LogP contribution in [0.2, 0.25) is 0 Å². The Hall–Kier alpha value is -1.48. The number of hydrogen-bond donors (Lipinski definition) is 1. The zero-order valence-electron chi connectivity index (χ0n) is 13.2. The van der Waals surface area contributed by atoms with Gasteiger partial charge in [-0.05, 0) is 44.5 Å². The fourth-order valence-electron chi connectivity index (χ4n) is 1.89. The van der Waals surface area contributed by atoms with Gasteiger partial charge in [0.15, 0.2) is 11.5 Å². The predicted molar refractivity (Wildman–Crippen MR) is 84.6 cm³/mol. The standard InChI is InChI=1S/C17H27NO2/c1-6-10-18-14(4)15-7-8-16(17(12-15)19-5)20-11-9-13(2)3/h7-8,12,14,18H,2,6,9-11H2,1,3-5H3. The van der Waals surface area contributed by atoms with E-state index >= 15 is 0 Å². The van der Waals surface area contributed by atoms with Crippen LogP contribution in [-0.4, -0.2) is 20.3 Å². The SMILES string of the molecule is C=C(C)CCOc1ccc(C(C)NCCC)cc1OC. The van der Waals surface area contributed by atoms with Gasteiger partial charge in [0.05, 0.1) is 13.7 Å². The summed E-state index contributed by atoms with van der Waals surface area (Å²) in [7, 11) is 1.68. The molecule has 1 unspecified atom stereocenters. The van der Waals surface area contributed by atoms with Gasteiger partial charge in [-0.15, -0.1) is 6.58 Å². The van der Waals surface area contributed by atoms with Gasteiger partial charge in [-0.3, -0.25) is 0 Å². The summed E-state index contributed by atoms with van der Waals surface area (Å²) in [5, 5.41) is 3.47. The van der Waals surface area contributed by atoms with E-state index < -0.39 is 0 Å². The molecule has 0 radical (unpaired) electrons. The van der Waals surface area contributed by atoms with Crippen LogP contribution in [0.5, 0.6) is 11.5 Å². The molecule has 0 saturated heterocycles. The first-order valence-electron chi connectivity index (χ1n) is 7.27. The van der Waals surface area contributed by atoms with Crippen molar-refractivity contribution in [2.75, 3.05) is 20.3 Å². The molecule has 3 heteroatoms. The number of nitrogens with one attached hydrogen (secondary N) is 1. The highest BCUT2D eigenvalue weighted by molar-refractivity contribution is 5.43. The normalized spacial score (nSPS) is 12.0. The Bertz CT molecular complexity index is 429. The molecule has 0 aliphatic carbocycles. The molecule has 0 bridgehead atoms. The van der Waals surface area contributed by atoms with Crippen molar-refractivity contribution in [2.45, 2.75) is 39.7 Å². The predicted octanol–water partition coefficient (Wildman–Crippen LogP) is 4.10. The Labute approximate surface area is 123 Å². The largest absolute Gasteiger partial charge is 0.493 e. The van der Waals surface area contributed by atoms with Gasteiger partial charge in [0.1, 0.15) is 0 Å². The lowest BCUT2D eigenvalue weighted by Crippen LogP contribution is -2.19. The molecule has 0 aliphatic rings. The van der Waals surface area contributed by atoms with E-state index in [9.17, 15) is 0 Å². The maximum Gasteiger partial charge on any atom is 0.161 e. The molecule has 0 aromatic heterocycles. The van der Waals surface area contributed by atoms with E-state index in [0.717, 1.165) is 36.5 Å². The molecule has 0 spiro atoms. The molecule has 0 amide bonds. The third-order valence-electron chi connectivity index (χ3n) is 3.17. The monoisotopic (exact) mass is 277 g/mol. The fourth-order valence-corrected chi connectivity index (χ4v) is 1.89. The molecule has 1 aromatic rings. The second-order valence-corrected chi connectivity index (χ2v) is 5.14. The Morgan fingerprint density at radius 3 is 2.70 bits per heavy atom. The summed E-state index contributed by atoms with van der Waals surface area (Å²) in [5.41, 5.74) is 2.33. The number of methoxy groups -OCH3 is 1. The first-order valence-corrected chi connectivity index (χ1v) is 7.27. The van der Waals surface area contributed by atoms with Crippen molar-refractivity contribution in [1.82, 2.24) is 5.32 Å². The first-order chi connectivity index (χ1) is 9.58. The summed E-state index contributed by atoms with van der Waals surface area (Å²) < 4.78 is 11.2. The van der Waals surface area contributed by atoms with Crippen LogP contribution in [0.15, 0.2) is 30.4 Å². The average Bonchev–Trinajstić information content (AvgIpc) is 2.44. The Morgan fingerprint density at radius 1 is 1.35 bits per heavy atom. The molecule has 3 nitrogen and oxygen atoms in total. The zero-order chi connectivity index (χ0) is 15.0. The van der Waals surface area contributed by atoms with E-state index in [-0.39, 0.29) is 0 Å². The lowest BCUT2D eigenvalue weighted by Gasteiger charge is -2.17. The quantitative estimate of drug-likeness (QED) is 0.689. The van der Waals surface area contributed by atoms with Crippen molar-refractivity contribution >= 4 is 0 Å². The fraction of sp³-hybridized carbons (Fsp3) is 0.529. The Kier molecular flexibility index (Phi) is 7.16. The zero-order valence-corrected chi connectivity index (χ0v) is 13.2. The molecule has 0 fully saturated rings. The van der Waals surface area contributed by atoms with E-state index in [0.29, 0.717) is 12.6 Å². The molecule has 20 heavy (non-hydrogen) atoms. The van der Waals surface area contributed by atoms with E-state index in [1.165, 1.54) is 5.56 Å². The van der Waals surface area contributed by atoms with Crippen LogP contribution in [-0.2, 0) is 0 Å². The van der Waals surface area contributed by atoms with E-state index in [1.54, 1.807) is 7.11 Å². The van der Waals surface area contributed by atoms with E-state index in [2.05, 4.69) is 31.8 Å². The summed E-state index contributed by atoms with van der Waals surface area (Å²) in [6, 6.07) is 6.43. The highest BCUT2D eigenvalue weighted by Gasteiger charge is 2.10. The third kappa shape index (κ3) is 5.25. The third-order valence-corrected chi connectivity index (χ3v) is 3.17. The molecule has 1 N–H and O–H groups in total. The van der Waals surface area contributed by atoms with Crippen molar-refractivity contribution < 1.29 is 9.47 Å². The summed E-state index contributed by atoms with van der Waals surface area (Å²) in [6.45, 7) is 11.9. The minimum Gasteiger partial charge on any atom is -0.493 e. The van der Waals surface area contributed by atoms with Crippen LogP contribution in [0.25, 0.3) is 0 Å².